The number of rotatable bonds is 2. The fraction of sp³-hybridized carbons (Fsp3) is 0.125. The lowest BCUT2D eigenvalue weighted by Gasteiger charge is -2.05. The van der Waals surface area contributed by atoms with E-state index in [4.69, 9.17) is 0 Å². The Balaban J connectivity index is 2.12. The molecule has 6 heteroatoms. The fourth-order valence-electron chi connectivity index (χ4n) is 1.69. The summed E-state index contributed by atoms with van der Waals surface area (Å²) < 4.78 is 61.1. The molecule has 0 spiro atoms. The lowest BCUT2D eigenvalue weighted by Crippen LogP contribution is -2.05. The maximum Gasteiger partial charge on any atom is 0.416 e. The maximum absolute atomic E-state index is 12.4. The van der Waals surface area contributed by atoms with Crippen LogP contribution in [0, 0.1) is 11.8 Å². The summed E-state index contributed by atoms with van der Waals surface area (Å²) in [5, 5.41) is 0. The summed E-state index contributed by atoms with van der Waals surface area (Å²) in [6.45, 7) is 0. The van der Waals surface area contributed by atoms with Crippen LogP contribution in [-0.4, -0.2) is 14.2 Å². The Bertz CT molecular complexity index is 796. The van der Waals surface area contributed by atoms with Gasteiger partial charge in [0.1, 0.15) is 5.75 Å². The van der Waals surface area contributed by atoms with Crippen molar-refractivity contribution in [1.82, 2.24) is 0 Å². The first-order valence-corrected chi connectivity index (χ1v) is 7.88. The quantitative estimate of drug-likeness (QED) is 0.792. The molecule has 0 saturated carbocycles. The van der Waals surface area contributed by atoms with Crippen LogP contribution in [-0.2, 0) is 16.0 Å². The first kappa shape index (κ1) is 16.1. The normalized spacial score (nSPS) is 11.6. The van der Waals surface area contributed by atoms with Crippen LogP contribution < -0.4 is 0 Å². The molecule has 2 nitrogen and oxygen atoms in total. The van der Waals surface area contributed by atoms with Gasteiger partial charge < -0.3 is 0 Å². The van der Waals surface area contributed by atoms with E-state index in [0.29, 0.717) is 5.56 Å². The molecule has 0 N–H and O–H groups in total. The predicted molar refractivity (Wildman–Crippen MR) is 76.8 cm³/mol. The zero-order valence-corrected chi connectivity index (χ0v) is 12.1. The number of hydrogen-bond acceptors (Lipinski definition) is 2. The Morgan fingerprint density at radius 2 is 1.50 bits per heavy atom. The minimum Gasteiger partial charge on any atom is -0.223 e. The van der Waals surface area contributed by atoms with Crippen molar-refractivity contribution in [1.29, 1.82) is 0 Å². The predicted octanol–water partition coefficient (Wildman–Crippen LogP) is 3.53. The van der Waals surface area contributed by atoms with Gasteiger partial charge >= 0.3 is 6.18 Å². The first-order valence-electron chi connectivity index (χ1n) is 6.23. The molecular formula is C16H11F3O2S. The highest BCUT2D eigenvalue weighted by atomic mass is 32.2. The molecule has 2 aromatic carbocycles. The molecule has 0 aliphatic carbocycles. The van der Waals surface area contributed by atoms with Crippen LogP contribution in [0.1, 0.15) is 11.1 Å². The molecule has 2 aromatic rings. The second-order valence-electron chi connectivity index (χ2n) is 4.45. The molecule has 114 valence electrons. The lowest BCUT2D eigenvalue weighted by molar-refractivity contribution is -0.137. The molecule has 2 rings (SSSR count). The number of sulfone groups is 1. The van der Waals surface area contributed by atoms with Crippen LogP contribution in [0.15, 0.2) is 59.5 Å². The van der Waals surface area contributed by atoms with E-state index in [2.05, 4.69) is 11.8 Å². The van der Waals surface area contributed by atoms with Crippen LogP contribution in [0.4, 0.5) is 13.2 Å². The molecule has 0 saturated heterocycles. The summed E-state index contributed by atoms with van der Waals surface area (Å²) in [6.07, 6.45) is -4.40. The topological polar surface area (TPSA) is 34.1 Å². The highest BCUT2D eigenvalue weighted by Gasteiger charge is 2.29. The van der Waals surface area contributed by atoms with Crippen molar-refractivity contribution >= 4 is 9.84 Å². The second kappa shape index (κ2) is 6.24. The average molecular weight is 324 g/mol. The molecule has 0 aliphatic rings. The Morgan fingerprint density at radius 1 is 0.909 bits per heavy atom. The van der Waals surface area contributed by atoms with Gasteiger partial charge in [-0.15, -0.1) is 0 Å². The molecular weight excluding hydrogens is 313 g/mol. The third-order valence-electron chi connectivity index (χ3n) is 2.81. The van der Waals surface area contributed by atoms with E-state index in [-0.39, 0.29) is 4.90 Å². The van der Waals surface area contributed by atoms with Crippen LogP contribution in [0.25, 0.3) is 0 Å². The molecule has 0 bridgehead atoms. The monoisotopic (exact) mass is 324 g/mol. The summed E-state index contributed by atoms with van der Waals surface area (Å²) in [7, 11) is -3.52. The molecule has 0 aliphatic heterocycles. The van der Waals surface area contributed by atoms with E-state index < -0.39 is 27.3 Å². The molecule has 0 aromatic heterocycles. The second-order valence-corrected chi connectivity index (χ2v) is 6.44. The highest BCUT2D eigenvalue weighted by Crippen LogP contribution is 2.28. The number of halogens is 3. The van der Waals surface area contributed by atoms with E-state index in [1.807, 2.05) is 0 Å². The van der Waals surface area contributed by atoms with E-state index in [1.54, 1.807) is 18.2 Å². The summed E-state index contributed by atoms with van der Waals surface area (Å²) in [5.74, 6) is 4.64. The van der Waals surface area contributed by atoms with Gasteiger partial charge in [0.25, 0.3) is 0 Å². The number of benzene rings is 2. The summed E-state index contributed by atoms with van der Waals surface area (Å²) >= 11 is 0. The molecule has 22 heavy (non-hydrogen) atoms. The molecule has 0 fully saturated rings. The van der Waals surface area contributed by atoms with Gasteiger partial charge in [-0.25, -0.2) is 8.42 Å². The minimum atomic E-state index is -4.40. The minimum absolute atomic E-state index is 0.164. The number of hydrogen-bond donors (Lipinski definition) is 0. The van der Waals surface area contributed by atoms with Crippen molar-refractivity contribution in [3.63, 3.8) is 0 Å². The highest BCUT2D eigenvalue weighted by molar-refractivity contribution is 7.91. The van der Waals surface area contributed by atoms with Crippen LogP contribution >= 0.6 is 0 Å². The van der Waals surface area contributed by atoms with Gasteiger partial charge in [-0.3, -0.25) is 0 Å². The van der Waals surface area contributed by atoms with E-state index in [9.17, 15) is 21.6 Å². The van der Waals surface area contributed by atoms with Crippen molar-refractivity contribution in [2.75, 3.05) is 5.75 Å². The van der Waals surface area contributed by atoms with Crippen LogP contribution in [0.5, 0.6) is 0 Å². The fourth-order valence-corrected chi connectivity index (χ4v) is 2.69. The molecule has 0 amide bonds. The summed E-state index contributed by atoms with van der Waals surface area (Å²) in [4.78, 5) is 0.164. The van der Waals surface area contributed by atoms with Gasteiger partial charge in [-0.2, -0.15) is 13.2 Å². The Hall–Kier alpha value is -2.26. The van der Waals surface area contributed by atoms with Crippen LogP contribution in [0.2, 0.25) is 0 Å². The van der Waals surface area contributed by atoms with Crippen molar-refractivity contribution < 1.29 is 21.6 Å². The zero-order chi connectivity index (χ0) is 16.2. The molecule has 0 unspecified atom stereocenters. The van der Waals surface area contributed by atoms with Gasteiger partial charge in [0.05, 0.1) is 10.5 Å². The van der Waals surface area contributed by atoms with Crippen molar-refractivity contribution in [2.24, 2.45) is 0 Å². The largest absolute Gasteiger partial charge is 0.416 e. The van der Waals surface area contributed by atoms with Crippen molar-refractivity contribution in [3.8, 4) is 11.8 Å². The van der Waals surface area contributed by atoms with Gasteiger partial charge in [0.2, 0.25) is 0 Å². The SMILES string of the molecule is O=S(=O)(CC#Cc1ccc(C(F)(F)F)cc1)c1ccccc1. The van der Waals surface area contributed by atoms with Crippen LogP contribution in [0.3, 0.4) is 0 Å². The smallest absolute Gasteiger partial charge is 0.223 e. The number of alkyl halides is 3. The standard InChI is InChI=1S/C16H11F3O2S/c17-16(18,19)14-10-8-13(9-11-14)5-4-12-22(20,21)15-6-2-1-3-7-15/h1-3,6-11H,12H2. The third kappa shape index (κ3) is 4.12. The van der Waals surface area contributed by atoms with Gasteiger partial charge in [-0.1, -0.05) is 30.0 Å². The van der Waals surface area contributed by atoms with Gasteiger partial charge in [0, 0.05) is 5.56 Å². The Labute approximate surface area is 126 Å². The van der Waals surface area contributed by atoms with Gasteiger partial charge in [-0.05, 0) is 36.4 Å². The zero-order valence-electron chi connectivity index (χ0n) is 11.3. The summed E-state index contributed by atoms with van der Waals surface area (Å²) in [6, 6.07) is 12.1. The maximum atomic E-state index is 12.4. The molecule has 0 radical (unpaired) electrons. The lowest BCUT2D eigenvalue weighted by atomic mass is 10.1. The molecule has 0 heterocycles. The average Bonchev–Trinajstić information content (AvgIpc) is 2.48. The molecule has 0 atom stereocenters. The Morgan fingerprint density at radius 3 is 2.05 bits per heavy atom. The van der Waals surface area contributed by atoms with E-state index in [1.165, 1.54) is 24.3 Å². The first-order chi connectivity index (χ1) is 10.3. The Kier molecular flexibility index (Phi) is 4.57. The van der Waals surface area contributed by atoms with Gasteiger partial charge in [0.15, 0.2) is 9.84 Å². The van der Waals surface area contributed by atoms with E-state index in [0.717, 1.165) is 12.1 Å². The third-order valence-corrected chi connectivity index (χ3v) is 4.32. The van der Waals surface area contributed by atoms with Crippen molar-refractivity contribution in [2.45, 2.75) is 11.1 Å². The summed E-state index contributed by atoms with van der Waals surface area (Å²) in [5.41, 5.74) is -0.439. The van der Waals surface area contributed by atoms with Crippen molar-refractivity contribution in [3.05, 3.63) is 65.7 Å². The van der Waals surface area contributed by atoms with E-state index >= 15 is 0 Å².